The number of carbonyl (C=O) groups is 2. The smallest absolute Gasteiger partial charge is 0.404 e. The molecule has 146 valence electrons. The summed E-state index contributed by atoms with van der Waals surface area (Å²) in [6, 6.07) is 16.8. The lowest BCUT2D eigenvalue weighted by Crippen LogP contribution is -2.20. The van der Waals surface area contributed by atoms with Gasteiger partial charge in [-0.1, -0.05) is 42.5 Å². The fourth-order valence-corrected chi connectivity index (χ4v) is 2.61. The maximum absolute atomic E-state index is 12.6. The first-order chi connectivity index (χ1) is 13.9. The lowest BCUT2D eigenvalue weighted by molar-refractivity contribution is -0.384. The molecule has 9 heteroatoms. The maximum Gasteiger partial charge on any atom is 0.404 e. The Kier molecular flexibility index (Phi) is 5.79. The van der Waals surface area contributed by atoms with Gasteiger partial charge in [0.05, 0.1) is 10.6 Å². The van der Waals surface area contributed by atoms with Gasteiger partial charge in [-0.05, 0) is 23.8 Å². The number of carboxylic acid groups (broad SMARTS) is 1. The molecule has 0 aliphatic heterocycles. The minimum atomic E-state index is -1.15. The second kappa shape index (κ2) is 8.61. The largest absolute Gasteiger partial charge is 0.465 e. The molecule has 3 rings (SSSR count). The van der Waals surface area contributed by atoms with Gasteiger partial charge in [0.25, 0.3) is 5.91 Å². The van der Waals surface area contributed by atoms with Crippen molar-refractivity contribution in [1.82, 2.24) is 10.3 Å². The molecule has 3 N–H and O–H groups in total. The third kappa shape index (κ3) is 4.92. The molecule has 0 unspecified atom stereocenters. The Morgan fingerprint density at radius 1 is 1.07 bits per heavy atom. The van der Waals surface area contributed by atoms with Gasteiger partial charge in [-0.2, -0.15) is 0 Å². The van der Waals surface area contributed by atoms with Crippen molar-refractivity contribution in [3.63, 3.8) is 0 Å². The van der Waals surface area contributed by atoms with Gasteiger partial charge in [0.15, 0.2) is 0 Å². The number of amides is 2. The highest BCUT2D eigenvalue weighted by Crippen LogP contribution is 2.28. The van der Waals surface area contributed by atoms with Crippen LogP contribution in [0.1, 0.15) is 15.9 Å². The molecule has 0 saturated heterocycles. The number of pyridine rings is 1. The summed E-state index contributed by atoms with van der Waals surface area (Å²) in [6.07, 6.45) is -0.0375. The first-order valence-corrected chi connectivity index (χ1v) is 8.51. The van der Waals surface area contributed by atoms with E-state index in [0.717, 1.165) is 11.8 Å². The number of rotatable bonds is 6. The molecule has 9 nitrogen and oxygen atoms in total. The number of hydrogen-bond acceptors (Lipinski definition) is 5. The third-order valence-corrected chi connectivity index (χ3v) is 4.06. The van der Waals surface area contributed by atoms with Gasteiger partial charge >= 0.3 is 11.8 Å². The predicted molar refractivity (Wildman–Crippen MR) is 106 cm³/mol. The number of carbonyl (C=O) groups excluding carboxylic acids is 1. The van der Waals surface area contributed by atoms with Crippen molar-refractivity contribution < 1.29 is 19.6 Å². The fourth-order valence-electron chi connectivity index (χ4n) is 2.61. The van der Waals surface area contributed by atoms with Crippen molar-refractivity contribution in [3.05, 3.63) is 88.1 Å². The van der Waals surface area contributed by atoms with Crippen LogP contribution in [0.5, 0.6) is 0 Å². The highest BCUT2D eigenvalue weighted by Gasteiger charge is 2.19. The summed E-state index contributed by atoms with van der Waals surface area (Å²) in [7, 11) is 0. The topological polar surface area (TPSA) is 134 Å². The molecule has 2 aromatic carbocycles. The zero-order chi connectivity index (χ0) is 20.8. The van der Waals surface area contributed by atoms with E-state index in [-0.39, 0.29) is 23.5 Å². The van der Waals surface area contributed by atoms with Crippen LogP contribution < -0.4 is 10.6 Å². The SMILES string of the molecule is O=C(O)NCc1ccc(C(=O)Nc2cc(-c3ccccc3)ncc2[N+](=O)[O-])cc1. The third-order valence-electron chi connectivity index (χ3n) is 4.06. The Hall–Kier alpha value is -4.27. The van der Waals surface area contributed by atoms with Gasteiger partial charge < -0.3 is 15.7 Å². The molecule has 0 saturated carbocycles. The lowest BCUT2D eigenvalue weighted by Gasteiger charge is -2.09. The van der Waals surface area contributed by atoms with Crippen molar-refractivity contribution >= 4 is 23.4 Å². The number of hydrogen-bond donors (Lipinski definition) is 3. The quantitative estimate of drug-likeness (QED) is 0.433. The van der Waals surface area contributed by atoms with E-state index in [9.17, 15) is 19.7 Å². The second-order valence-electron chi connectivity index (χ2n) is 6.02. The summed E-state index contributed by atoms with van der Waals surface area (Å²) in [5, 5.41) is 24.7. The maximum atomic E-state index is 12.6. The van der Waals surface area contributed by atoms with Crippen LogP contribution in [0.4, 0.5) is 16.2 Å². The number of aromatic nitrogens is 1. The van der Waals surface area contributed by atoms with Crippen LogP contribution in [0.25, 0.3) is 11.3 Å². The van der Waals surface area contributed by atoms with E-state index in [2.05, 4.69) is 15.6 Å². The van der Waals surface area contributed by atoms with E-state index in [0.29, 0.717) is 11.3 Å². The number of nitro groups is 1. The highest BCUT2D eigenvalue weighted by molar-refractivity contribution is 6.05. The molecule has 2 amide bonds. The lowest BCUT2D eigenvalue weighted by atomic mass is 10.1. The molecule has 0 spiro atoms. The van der Waals surface area contributed by atoms with Crippen LogP contribution >= 0.6 is 0 Å². The van der Waals surface area contributed by atoms with Crippen molar-refractivity contribution in [2.75, 3.05) is 5.32 Å². The first-order valence-electron chi connectivity index (χ1n) is 8.51. The van der Waals surface area contributed by atoms with Crippen LogP contribution in [0.15, 0.2) is 66.9 Å². The molecular weight excluding hydrogens is 376 g/mol. The van der Waals surface area contributed by atoms with Crippen LogP contribution in [-0.4, -0.2) is 27.0 Å². The Bertz CT molecular complexity index is 1050. The molecule has 0 atom stereocenters. The van der Waals surface area contributed by atoms with Gasteiger partial charge in [0.1, 0.15) is 11.9 Å². The van der Waals surface area contributed by atoms with Gasteiger partial charge in [0.2, 0.25) is 0 Å². The summed E-state index contributed by atoms with van der Waals surface area (Å²) >= 11 is 0. The Balaban J connectivity index is 1.83. The number of benzene rings is 2. The van der Waals surface area contributed by atoms with E-state index in [1.165, 1.54) is 18.2 Å². The van der Waals surface area contributed by atoms with E-state index < -0.39 is 16.9 Å². The van der Waals surface area contributed by atoms with Gasteiger partial charge in [-0.3, -0.25) is 14.9 Å². The molecule has 0 fully saturated rings. The second-order valence-corrected chi connectivity index (χ2v) is 6.02. The summed E-state index contributed by atoms with van der Waals surface area (Å²) < 4.78 is 0. The fraction of sp³-hybridized carbons (Fsp3) is 0.0500. The molecule has 1 aromatic heterocycles. The average Bonchev–Trinajstić information content (AvgIpc) is 2.73. The van der Waals surface area contributed by atoms with Crippen molar-refractivity contribution in [1.29, 1.82) is 0 Å². The zero-order valence-electron chi connectivity index (χ0n) is 15.0. The predicted octanol–water partition coefficient (Wildman–Crippen LogP) is 3.68. The molecule has 29 heavy (non-hydrogen) atoms. The number of nitrogens with zero attached hydrogens (tertiary/aromatic N) is 2. The molecule has 0 aliphatic rings. The summed E-state index contributed by atoms with van der Waals surface area (Å²) in [5.74, 6) is -0.531. The van der Waals surface area contributed by atoms with Crippen LogP contribution in [0, 0.1) is 10.1 Å². The summed E-state index contributed by atoms with van der Waals surface area (Å²) in [4.78, 5) is 37.9. The minimum absolute atomic E-state index is 0.0328. The van der Waals surface area contributed by atoms with Crippen molar-refractivity contribution in [3.8, 4) is 11.3 Å². The van der Waals surface area contributed by atoms with E-state index in [1.807, 2.05) is 30.3 Å². The Morgan fingerprint density at radius 3 is 2.38 bits per heavy atom. The van der Waals surface area contributed by atoms with Gasteiger partial charge in [0, 0.05) is 17.7 Å². The molecular formula is C20H16N4O5. The van der Waals surface area contributed by atoms with Crippen LogP contribution in [0.2, 0.25) is 0 Å². The Morgan fingerprint density at radius 2 is 1.76 bits per heavy atom. The van der Waals surface area contributed by atoms with E-state index in [4.69, 9.17) is 5.11 Å². The zero-order valence-corrected chi connectivity index (χ0v) is 15.0. The van der Waals surface area contributed by atoms with Crippen LogP contribution in [-0.2, 0) is 6.54 Å². The van der Waals surface area contributed by atoms with Gasteiger partial charge in [-0.25, -0.2) is 9.78 Å². The molecule has 0 radical (unpaired) electrons. The average molecular weight is 392 g/mol. The molecule has 3 aromatic rings. The monoisotopic (exact) mass is 392 g/mol. The summed E-state index contributed by atoms with van der Waals surface area (Å²) in [6.45, 7) is 0.105. The van der Waals surface area contributed by atoms with Crippen LogP contribution in [0.3, 0.4) is 0 Å². The summed E-state index contributed by atoms with van der Waals surface area (Å²) in [5.41, 5.74) is 1.90. The first kappa shape index (κ1) is 19.5. The highest BCUT2D eigenvalue weighted by atomic mass is 16.6. The normalized spacial score (nSPS) is 10.2. The van der Waals surface area contributed by atoms with Gasteiger partial charge in [-0.15, -0.1) is 0 Å². The van der Waals surface area contributed by atoms with E-state index in [1.54, 1.807) is 12.1 Å². The Labute approximate surface area is 165 Å². The standard InChI is InChI=1S/C20H16N4O5/c25-19(15-8-6-13(7-9-15)11-22-20(26)27)23-17-10-16(14-4-2-1-3-5-14)21-12-18(17)24(28)29/h1-10,12,22H,11H2,(H,26,27)(H,21,23,25). The van der Waals surface area contributed by atoms with E-state index >= 15 is 0 Å². The molecule has 0 aliphatic carbocycles. The number of nitrogens with one attached hydrogen (secondary N) is 2. The molecule has 0 bridgehead atoms. The number of anilines is 1. The van der Waals surface area contributed by atoms with Crippen molar-refractivity contribution in [2.24, 2.45) is 0 Å². The minimum Gasteiger partial charge on any atom is -0.465 e. The van der Waals surface area contributed by atoms with Crippen molar-refractivity contribution in [2.45, 2.75) is 6.54 Å². The molecule has 1 heterocycles.